The summed E-state index contributed by atoms with van der Waals surface area (Å²) in [5, 5.41) is 10.2. The third-order valence-corrected chi connectivity index (χ3v) is 3.66. The van der Waals surface area contributed by atoms with Gasteiger partial charge in [-0.2, -0.15) is 12.6 Å². The zero-order valence-electron chi connectivity index (χ0n) is 9.37. The van der Waals surface area contributed by atoms with Crippen LogP contribution in [0.5, 0.6) is 0 Å². The van der Waals surface area contributed by atoms with Gasteiger partial charge in [-0.25, -0.2) is 0 Å². The van der Waals surface area contributed by atoms with Crippen LogP contribution in [0.3, 0.4) is 0 Å². The number of thiol groups is 1. The molecule has 1 aliphatic rings. The lowest BCUT2D eigenvalue weighted by molar-refractivity contribution is 0.0141. The molecule has 0 saturated heterocycles. The van der Waals surface area contributed by atoms with Gasteiger partial charge in [-0.15, -0.1) is 0 Å². The Bertz CT molecular complexity index is 169. The van der Waals surface area contributed by atoms with Crippen molar-refractivity contribution >= 4 is 12.6 Å². The van der Waals surface area contributed by atoms with Crippen molar-refractivity contribution in [3.63, 3.8) is 0 Å². The van der Waals surface area contributed by atoms with Crippen LogP contribution in [0.15, 0.2) is 0 Å². The molecule has 0 spiro atoms. The van der Waals surface area contributed by atoms with E-state index < -0.39 is 5.60 Å². The predicted octanol–water partition coefficient (Wildman–Crippen LogP) is 1.79. The van der Waals surface area contributed by atoms with Crippen molar-refractivity contribution in [1.29, 1.82) is 0 Å². The van der Waals surface area contributed by atoms with Crippen LogP contribution in [0.2, 0.25) is 0 Å². The summed E-state index contributed by atoms with van der Waals surface area (Å²) >= 11 is 4.27. The molecule has 0 bridgehead atoms. The van der Waals surface area contributed by atoms with Crippen molar-refractivity contribution in [2.75, 3.05) is 25.9 Å². The lowest BCUT2D eigenvalue weighted by Crippen LogP contribution is -2.40. The van der Waals surface area contributed by atoms with Crippen LogP contribution < -0.4 is 0 Å². The Balaban J connectivity index is 2.28. The first-order chi connectivity index (χ1) is 6.56. The third kappa shape index (κ3) is 3.79. The molecule has 84 valence electrons. The van der Waals surface area contributed by atoms with Crippen molar-refractivity contribution in [1.82, 2.24) is 4.90 Å². The van der Waals surface area contributed by atoms with Crippen molar-refractivity contribution in [2.24, 2.45) is 5.92 Å². The molecule has 0 aromatic rings. The highest BCUT2D eigenvalue weighted by Crippen LogP contribution is 2.29. The molecule has 2 nitrogen and oxygen atoms in total. The van der Waals surface area contributed by atoms with Crippen LogP contribution in [0.4, 0.5) is 0 Å². The average Bonchev–Trinajstić information content (AvgIpc) is 2.51. The van der Waals surface area contributed by atoms with Gasteiger partial charge in [0.05, 0.1) is 5.60 Å². The Morgan fingerprint density at radius 3 is 2.50 bits per heavy atom. The van der Waals surface area contributed by atoms with Crippen LogP contribution in [0.1, 0.15) is 32.6 Å². The van der Waals surface area contributed by atoms with E-state index in [4.69, 9.17) is 0 Å². The molecular weight excluding hydrogens is 194 g/mol. The number of aliphatic hydroxyl groups is 1. The first kappa shape index (κ1) is 12.3. The zero-order chi connectivity index (χ0) is 10.6. The van der Waals surface area contributed by atoms with E-state index in [1.165, 1.54) is 12.8 Å². The SMILES string of the molecule is CC(CS)CN(C)CC1(O)CCCC1. The van der Waals surface area contributed by atoms with Gasteiger partial charge in [0.15, 0.2) is 0 Å². The maximum Gasteiger partial charge on any atom is 0.0774 e. The van der Waals surface area contributed by atoms with Gasteiger partial charge in [0.1, 0.15) is 0 Å². The molecule has 1 aliphatic carbocycles. The Morgan fingerprint density at radius 1 is 1.43 bits per heavy atom. The topological polar surface area (TPSA) is 23.5 Å². The van der Waals surface area contributed by atoms with Crippen LogP contribution in [-0.4, -0.2) is 41.5 Å². The lowest BCUT2D eigenvalue weighted by atomic mass is 10.0. The summed E-state index contributed by atoms with van der Waals surface area (Å²) in [7, 11) is 2.09. The number of likely N-dealkylation sites (N-methyl/N-ethyl adjacent to an activating group) is 1. The van der Waals surface area contributed by atoms with Gasteiger partial charge in [-0.3, -0.25) is 0 Å². The summed E-state index contributed by atoms with van der Waals surface area (Å²) in [5.74, 6) is 1.52. The molecule has 0 aromatic heterocycles. The van der Waals surface area contributed by atoms with Gasteiger partial charge >= 0.3 is 0 Å². The molecule has 3 heteroatoms. The quantitative estimate of drug-likeness (QED) is 0.686. The summed E-state index contributed by atoms with van der Waals surface area (Å²) in [4.78, 5) is 2.24. The van der Waals surface area contributed by atoms with Gasteiger partial charge in [0, 0.05) is 13.1 Å². The van der Waals surface area contributed by atoms with Crippen LogP contribution in [0, 0.1) is 5.92 Å². The average molecular weight is 217 g/mol. The van der Waals surface area contributed by atoms with E-state index in [0.717, 1.165) is 31.7 Å². The molecule has 0 aliphatic heterocycles. The van der Waals surface area contributed by atoms with Crippen molar-refractivity contribution in [3.8, 4) is 0 Å². The molecule has 1 rings (SSSR count). The van der Waals surface area contributed by atoms with E-state index in [2.05, 4.69) is 31.5 Å². The summed E-state index contributed by atoms with van der Waals surface area (Å²) in [6, 6.07) is 0. The zero-order valence-corrected chi connectivity index (χ0v) is 10.3. The fourth-order valence-electron chi connectivity index (χ4n) is 2.35. The number of rotatable bonds is 5. The summed E-state index contributed by atoms with van der Waals surface area (Å²) < 4.78 is 0. The minimum absolute atomic E-state index is 0.398. The second kappa shape index (κ2) is 5.38. The largest absolute Gasteiger partial charge is 0.389 e. The monoisotopic (exact) mass is 217 g/mol. The fraction of sp³-hybridized carbons (Fsp3) is 1.00. The van der Waals surface area contributed by atoms with E-state index >= 15 is 0 Å². The van der Waals surface area contributed by atoms with E-state index in [9.17, 15) is 5.11 Å². The summed E-state index contributed by atoms with van der Waals surface area (Å²) in [6.45, 7) is 4.05. The maximum absolute atomic E-state index is 10.2. The van der Waals surface area contributed by atoms with Crippen molar-refractivity contribution in [2.45, 2.75) is 38.2 Å². The Labute approximate surface area is 93.1 Å². The van der Waals surface area contributed by atoms with Crippen molar-refractivity contribution in [3.05, 3.63) is 0 Å². The molecule has 0 heterocycles. The third-order valence-electron chi connectivity index (χ3n) is 3.03. The molecular formula is C11H23NOS. The molecule has 1 saturated carbocycles. The normalized spacial score (nSPS) is 22.9. The predicted molar refractivity (Wildman–Crippen MR) is 63.9 cm³/mol. The first-order valence-electron chi connectivity index (χ1n) is 5.57. The highest BCUT2D eigenvalue weighted by atomic mass is 32.1. The molecule has 0 amide bonds. The standard InChI is InChI=1S/C11H23NOS/c1-10(8-14)7-12(2)9-11(13)5-3-4-6-11/h10,13-14H,3-9H2,1-2H3. The molecule has 14 heavy (non-hydrogen) atoms. The molecule has 1 fully saturated rings. The summed E-state index contributed by atoms with van der Waals surface area (Å²) in [6.07, 6.45) is 4.33. The smallest absolute Gasteiger partial charge is 0.0774 e. The van der Waals surface area contributed by atoms with E-state index in [1.807, 2.05) is 0 Å². The molecule has 1 atom stereocenters. The Kier molecular flexibility index (Phi) is 4.74. The van der Waals surface area contributed by atoms with Gasteiger partial charge < -0.3 is 10.0 Å². The van der Waals surface area contributed by atoms with Crippen LogP contribution >= 0.6 is 12.6 Å². The second-order valence-corrected chi connectivity index (χ2v) is 5.28. The minimum Gasteiger partial charge on any atom is -0.389 e. The first-order valence-corrected chi connectivity index (χ1v) is 6.21. The van der Waals surface area contributed by atoms with E-state index in [0.29, 0.717) is 5.92 Å². The lowest BCUT2D eigenvalue weighted by Gasteiger charge is -2.29. The summed E-state index contributed by atoms with van der Waals surface area (Å²) in [5.41, 5.74) is -0.398. The molecule has 1 unspecified atom stereocenters. The van der Waals surface area contributed by atoms with E-state index in [-0.39, 0.29) is 0 Å². The van der Waals surface area contributed by atoms with Crippen LogP contribution in [-0.2, 0) is 0 Å². The second-order valence-electron chi connectivity index (χ2n) is 4.92. The molecule has 0 radical (unpaired) electrons. The van der Waals surface area contributed by atoms with Gasteiger partial charge in [0.25, 0.3) is 0 Å². The van der Waals surface area contributed by atoms with Gasteiger partial charge in [0.2, 0.25) is 0 Å². The fourth-order valence-corrected chi connectivity index (χ4v) is 2.46. The number of nitrogens with zero attached hydrogens (tertiary/aromatic N) is 1. The number of hydrogen-bond acceptors (Lipinski definition) is 3. The Morgan fingerprint density at radius 2 is 2.00 bits per heavy atom. The number of hydrogen-bond donors (Lipinski definition) is 2. The highest BCUT2D eigenvalue weighted by molar-refractivity contribution is 7.80. The maximum atomic E-state index is 10.2. The van der Waals surface area contributed by atoms with Crippen LogP contribution in [0.25, 0.3) is 0 Å². The van der Waals surface area contributed by atoms with Crippen molar-refractivity contribution < 1.29 is 5.11 Å². The molecule has 0 aromatic carbocycles. The Hall–Kier alpha value is 0.270. The highest BCUT2D eigenvalue weighted by Gasteiger charge is 2.32. The van der Waals surface area contributed by atoms with Gasteiger partial charge in [-0.05, 0) is 31.6 Å². The van der Waals surface area contributed by atoms with Gasteiger partial charge in [-0.1, -0.05) is 19.8 Å². The molecule has 1 N–H and O–H groups in total. The minimum atomic E-state index is -0.398. The van der Waals surface area contributed by atoms with E-state index in [1.54, 1.807) is 0 Å².